The van der Waals surface area contributed by atoms with Crippen LogP contribution in [0.15, 0.2) is 71.2 Å². The lowest BCUT2D eigenvalue weighted by Gasteiger charge is -2.12. The summed E-state index contributed by atoms with van der Waals surface area (Å²) in [6.07, 6.45) is 1.70. The van der Waals surface area contributed by atoms with E-state index in [1.165, 1.54) is 12.1 Å². The van der Waals surface area contributed by atoms with Crippen molar-refractivity contribution >= 4 is 33.3 Å². The molecule has 150 valence electrons. The number of nitro groups is 1. The zero-order chi connectivity index (χ0) is 21.5. The standard InChI is InChI=1S/C23H17BrN2O4/c1-29-23-13-17(4-11-22(23)30-15-16-2-7-20(24)8-3-16)12-19(14-25)18-5-9-21(10-6-18)26(27)28/h2-13H,15H2,1H3. The van der Waals surface area contributed by atoms with Gasteiger partial charge in [0.25, 0.3) is 5.69 Å². The highest BCUT2D eigenvalue weighted by molar-refractivity contribution is 9.10. The van der Waals surface area contributed by atoms with Crippen molar-refractivity contribution in [1.29, 1.82) is 5.26 Å². The molecule has 0 aliphatic heterocycles. The lowest BCUT2D eigenvalue weighted by Crippen LogP contribution is -1.98. The molecule has 0 aliphatic carbocycles. The van der Waals surface area contributed by atoms with Gasteiger partial charge in [-0.05, 0) is 59.2 Å². The van der Waals surface area contributed by atoms with Crippen molar-refractivity contribution in [3.63, 3.8) is 0 Å². The van der Waals surface area contributed by atoms with Gasteiger partial charge in [-0.25, -0.2) is 0 Å². The first-order valence-corrected chi connectivity index (χ1v) is 9.71. The molecular weight excluding hydrogens is 448 g/mol. The molecule has 0 saturated carbocycles. The summed E-state index contributed by atoms with van der Waals surface area (Å²) in [6, 6.07) is 21.2. The van der Waals surface area contributed by atoms with Crippen molar-refractivity contribution in [3.8, 4) is 17.6 Å². The van der Waals surface area contributed by atoms with Crippen LogP contribution < -0.4 is 9.47 Å². The minimum atomic E-state index is -0.475. The van der Waals surface area contributed by atoms with Crippen LogP contribution in [0.3, 0.4) is 0 Å². The molecule has 0 fully saturated rings. The summed E-state index contributed by atoms with van der Waals surface area (Å²) in [5.41, 5.74) is 2.73. The highest BCUT2D eigenvalue weighted by atomic mass is 79.9. The van der Waals surface area contributed by atoms with Crippen LogP contribution in [-0.2, 0) is 6.61 Å². The number of benzene rings is 3. The average Bonchev–Trinajstić information content (AvgIpc) is 2.77. The van der Waals surface area contributed by atoms with Crippen molar-refractivity contribution in [2.75, 3.05) is 7.11 Å². The van der Waals surface area contributed by atoms with Gasteiger partial charge in [0.1, 0.15) is 6.61 Å². The van der Waals surface area contributed by atoms with E-state index in [1.54, 1.807) is 37.5 Å². The number of hydrogen-bond donors (Lipinski definition) is 0. The Morgan fingerprint density at radius 1 is 1.10 bits per heavy atom. The second-order valence-corrected chi connectivity index (χ2v) is 7.21. The third-order valence-corrected chi connectivity index (χ3v) is 4.84. The Morgan fingerprint density at radius 2 is 1.80 bits per heavy atom. The molecule has 0 saturated heterocycles. The summed E-state index contributed by atoms with van der Waals surface area (Å²) in [5, 5.41) is 20.3. The van der Waals surface area contributed by atoms with Gasteiger partial charge in [-0.2, -0.15) is 5.26 Å². The van der Waals surface area contributed by atoms with Crippen molar-refractivity contribution in [3.05, 3.63) is 98.0 Å². The molecule has 6 nitrogen and oxygen atoms in total. The maximum Gasteiger partial charge on any atom is 0.269 e. The Morgan fingerprint density at radius 3 is 2.40 bits per heavy atom. The molecule has 0 atom stereocenters. The highest BCUT2D eigenvalue weighted by Crippen LogP contribution is 2.31. The maximum atomic E-state index is 10.8. The fraction of sp³-hybridized carbons (Fsp3) is 0.0870. The second-order valence-electron chi connectivity index (χ2n) is 6.30. The number of non-ortho nitro benzene ring substituents is 1. The third-order valence-electron chi connectivity index (χ3n) is 4.32. The number of hydrogen-bond acceptors (Lipinski definition) is 5. The van der Waals surface area contributed by atoms with Crippen molar-refractivity contribution < 1.29 is 14.4 Å². The summed E-state index contributed by atoms with van der Waals surface area (Å²) in [6.45, 7) is 0.394. The number of nitriles is 1. The van der Waals surface area contributed by atoms with Gasteiger partial charge < -0.3 is 9.47 Å². The van der Waals surface area contributed by atoms with Crippen LogP contribution in [-0.4, -0.2) is 12.0 Å². The minimum absolute atomic E-state index is 0.0232. The Kier molecular flexibility index (Phi) is 6.83. The predicted molar refractivity (Wildman–Crippen MR) is 118 cm³/mol. The third kappa shape index (κ3) is 5.25. The van der Waals surface area contributed by atoms with Crippen LogP contribution in [0.1, 0.15) is 16.7 Å². The molecule has 0 aliphatic rings. The van der Waals surface area contributed by atoms with Crippen LogP contribution in [0.4, 0.5) is 5.69 Å². The minimum Gasteiger partial charge on any atom is -0.493 e. The topological polar surface area (TPSA) is 85.4 Å². The zero-order valence-corrected chi connectivity index (χ0v) is 17.6. The Labute approximate surface area is 182 Å². The molecule has 3 aromatic carbocycles. The fourth-order valence-corrected chi connectivity index (χ4v) is 3.01. The number of allylic oxidation sites excluding steroid dienone is 1. The van der Waals surface area contributed by atoms with Crippen LogP contribution in [0.2, 0.25) is 0 Å². The number of nitrogens with zero attached hydrogens (tertiary/aromatic N) is 2. The smallest absolute Gasteiger partial charge is 0.269 e. The summed E-state index contributed by atoms with van der Waals surface area (Å²) < 4.78 is 12.3. The molecule has 0 aromatic heterocycles. The summed E-state index contributed by atoms with van der Waals surface area (Å²) in [5.74, 6) is 1.13. The summed E-state index contributed by atoms with van der Waals surface area (Å²) in [7, 11) is 1.55. The van der Waals surface area contributed by atoms with E-state index in [0.29, 0.717) is 29.2 Å². The number of methoxy groups -OCH3 is 1. The van der Waals surface area contributed by atoms with Crippen molar-refractivity contribution in [1.82, 2.24) is 0 Å². The van der Waals surface area contributed by atoms with Gasteiger partial charge >= 0.3 is 0 Å². The molecule has 0 radical (unpaired) electrons. The first-order valence-electron chi connectivity index (χ1n) is 8.92. The summed E-state index contributed by atoms with van der Waals surface area (Å²) in [4.78, 5) is 10.3. The van der Waals surface area contributed by atoms with E-state index in [2.05, 4.69) is 22.0 Å². The second kappa shape index (κ2) is 9.72. The van der Waals surface area contributed by atoms with E-state index in [1.807, 2.05) is 30.3 Å². The molecule has 7 heteroatoms. The molecule has 0 bridgehead atoms. The van der Waals surface area contributed by atoms with E-state index in [9.17, 15) is 15.4 Å². The van der Waals surface area contributed by atoms with E-state index in [-0.39, 0.29) is 5.69 Å². The predicted octanol–water partition coefficient (Wildman–Crippen LogP) is 6.01. The molecule has 0 heterocycles. The SMILES string of the molecule is COc1cc(C=C(C#N)c2ccc([N+](=O)[O-])cc2)ccc1OCc1ccc(Br)cc1. The van der Waals surface area contributed by atoms with E-state index in [4.69, 9.17) is 9.47 Å². The Balaban J connectivity index is 1.80. The molecule has 0 spiro atoms. The van der Waals surface area contributed by atoms with Gasteiger partial charge in [0, 0.05) is 16.6 Å². The van der Waals surface area contributed by atoms with Gasteiger partial charge in [0.15, 0.2) is 11.5 Å². The zero-order valence-electron chi connectivity index (χ0n) is 16.0. The molecule has 3 aromatic rings. The molecule has 0 N–H and O–H groups in total. The van der Waals surface area contributed by atoms with Crippen molar-refractivity contribution in [2.24, 2.45) is 0 Å². The van der Waals surface area contributed by atoms with E-state index < -0.39 is 4.92 Å². The largest absolute Gasteiger partial charge is 0.493 e. The van der Waals surface area contributed by atoms with Crippen LogP contribution >= 0.6 is 15.9 Å². The number of halogens is 1. The number of ether oxygens (including phenoxy) is 2. The monoisotopic (exact) mass is 464 g/mol. The summed E-state index contributed by atoms with van der Waals surface area (Å²) >= 11 is 3.41. The lowest BCUT2D eigenvalue weighted by molar-refractivity contribution is -0.384. The fourth-order valence-electron chi connectivity index (χ4n) is 2.74. The normalized spacial score (nSPS) is 10.9. The quantitative estimate of drug-likeness (QED) is 0.185. The van der Waals surface area contributed by atoms with Gasteiger partial charge in [-0.15, -0.1) is 0 Å². The van der Waals surface area contributed by atoms with Gasteiger partial charge in [0.05, 0.1) is 23.7 Å². The Bertz CT molecular complexity index is 1120. The lowest BCUT2D eigenvalue weighted by atomic mass is 10.0. The van der Waals surface area contributed by atoms with Crippen LogP contribution in [0.25, 0.3) is 11.6 Å². The van der Waals surface area contributed by atoms with Crippen molar-refractivity contribution in [2.45, 2.75) is 6.61 Å². The van der Waals surface area contributed by atoms with E-state index >= 15 is 0 Å². The maximum absolute atomic E-state index is 10.8. The molecular formula is C23H17BrN2O4. The molecule has 0 unspecified atom stereocenters. The molecule has 30 heavy (non-hydrogen) atoms. The highest BCUT2D eigenvalue weighted by Gasteiger charge is 2.09. The van der Waals surface area contributed by atoms with Crippen LogP contribution in [0.5, 0.6) is 11.5 Å². The molecule has 0 amide bonds. The first-order chi connectivity index (χ1) is 14.5. The Hall–Kier alpha value is -3.63. The average molecular weight is 465 g/mol. The number of rotatable bonds is 7. The molecule has 3 rings (SSSR count). The van der Waals surface area contributed by atoms with Gasteiger partial charge in [-0.3, -0.25) is 10.1 Å². The van der Waals surface area contributed by atoms with Crippen LogP contribution in [0, 0.1) is 21.4 Å². The van der Waals surface area contributed by atoms with Gasteiger partial charge in [-0.1, -0.05) is 34.1 Å². The van der Waals surface area contributed by atoms with E-state index in [0.717, 1.165) is 15.6 Å². The first kappa shape index (κ1) is 21.1. The number of nitro benzene ring substituents is 1. The van der Waals surface area contributed by atoms with Gasteiger partial charge in [0.2, 0.25) is 0 Å².